The number of carbonyl (C=O) groups excluding carboxylic acids is 1. The van der Waals surface area contributed by atoms with Gasteiger partial charge in [0.1, 0.15) is 0 Å². The van der Waals surface area contributed by atoms with E-state index in [-0.39, 0.29) is 12.1 Å². The summed E-state index contributed by atoms with van der Waals surface area (Å²) in [6.07, 6.45) is 5.25. The van der Waals surface area contributed by atoms with Gasteiger partial charge in [-0.15, -0.1) is 0 Å². The second-order valence-electron chi connectivity index (χ2n) is 5.89. The van der Waals surface area contributed by atoms with Crippen molar-refractivity contribution in [1.82, 2.24) is 10.2 Å². The summed E-state index contributed by atoms with van der Waals surface area (Å²) < 4.78 is 5.31. The van der Waals surface area contributed by atoms with E-state index in [0.29, 0.717) is 13.2 Å². The zero-order chi connectivity index (χ0) is 16.5. The lowest BCUT2D eigenvalue weighted by Crippen LogP contribution is -2.42. The van der Waals surface area contributed by atoms with Crippen LogP contribution in [0.5, 0.6) is 0 Å². The van der Waals surface area contributed by atoms with Gasteiger partial charge < -0.3 is 15.0 Å². The molecule has 0 aromatic heterocycles. The summed E-state index contributed by atoms with van der Waals surface area (Å²) in [7, 11) is 0. The van der Waals surface area contributed by atoms with Crippen molar-refractivity contribution in [1.29, 1.82) is 0 Å². The fourth-order valence-electron chi connectivity index (χ4n) is 3.00. The van der Waals surface area contributed by atoms with Crippen LogP contribution in [0, 0.1) is 0 Å². The van der Waals surface area contributed by atoms with Crippen LogP contribution in [-0.4, -0.2) is 37.2 Å². The summed E-state index contributed by atoms with van der Waals surface area (Å²) in [6, 6.07) is 8.05. The van der Waals surface area contributed by atoms with Crippen molar-refractivity contribution in [2.24, 2.45) is 0 Å². The van der Waals surface area contributed by atoms with Gasteiger partial charge in [-0.25, -0.2) is 4.79 Å². The lowest BCUT2D eigenvalue weighted by atomic mass is 10.0. The zero-order valence-corrected chi connectivity index (χ0v) is 14.6. The van der Waals surface area contributed by atoms with Crippen LogP contribution in [0.2, 0.25) is 5.02 Å². The van der Waals surface area contributed by atoms with Gasteiger partial charge >= 0.3 is 6.03 Å². The molecule has 0 bridgehead atoms. The third kappa shape index (κ3) is 5.70. The quantitative estimate of drug-likeness (QED) is 0.781. The van der Waals surface area contributed by atoms with Crippen LogP contribution in [0.3, 0.4) is 0 Å². The van der Waals surface area contributed by atoms with Gasteiger partial charge in [0.25, 0.3) is 0 Å². The van der Waals surface area contributed by atoms with Crippen molar-refractivity contribution < 1.29 is 9.53 Å². The number of ether oxygens (including phenoxy) is 1. The number of hydrogen-bond acceptors (Lipinski definition) is 2. The number of benzene rings is 1. The molecule has 0 saturated carbocycles. The summed E-state index contributed by atoms with van der Waals surface area (Å²) >= 11 is 5.99. The number of halogens is 1. The first-order valence-electron chi connectivity index (χ1n) is 8.60. The van der Waals surface area contributed by atoms with Gasteiger partial charge in [-0.05, 0) is 43.9 Å². The number of carbonyl (C=O) groups is 1. The molecule has 1 atom stereocenters. The monoisotopic (exact) mass is 338 g/mol. The van der Waals surface area contributed by atoms with E-state index in [9.17, 15) is 4.79 Å². The fraction of sp³-hybridized carbons (Fsp3) is 0.611. The van der Waals surface area contributed by atoms with Crippen molar-refractivity contribution in [3.63, 3.8) is 0 Å². The molecular formula is C18H27ClN2O2. The summed E-state index contributed by atoms with van der Waals surface area (Å²) in [5.74, 6) is 0. The fourth-order valence-corrected chi connectivity index (χ4v) is 3.12. The maximum absolute atomic E-state index is 12.6. The molecule has 1 N–H and O–H groups in total. The molecule has 5 heteroatoms. The number of hydrogen-bond donors (Lipinski definition) is 1. The van der Waals surface area contributed by atoms with Crippen LogP contribution >= 0.6 is 11.6 Å². The zero-order valence-electron chi connectivity index (χ0n) is 13.9. The lowest BCUT2D eigenvalue weighted by molar-refractivity contribution is 0.142. The highest BCUT2D eigenvalue weighted by Gasteiger charge is 2.26. The Hall–Kier alpha value is -1.26. The molecule has 1 aromatic rings. The molecule has 0 unspecified atom stereocenters. The highest BCUT2D eigenvalue weighted by molar-refractivity contribution is 6.30. The molecule has 23 heavy (non-hydrogen) atoms. The van der Waals surface area contributed by atoms with Crippen LogP contribution in [0.25, 0.3) is 0 Å². The Morgan fingerprint density at radius 3 is 2.83 bits per heavy atom. The predicted octanol–water partition coefficient (Wildman–Crippen LogP) is 4.39. The highest BCUT2D eigenvalue weighted by Crippen LogP contribution is 2.30. The molecule has 1 aromatic carbocycles. The second-order valence-corrected chi connectivity index (χ2v) is 6.33. The molecule has 2 amide bonds. The Morgan fingerprint density at radius 1 is 1.30 bits per heavy atom. The van der Waals surface area contributed by atoms with Crippen molar-refractivity contribution in [3.8, 4) is 0 Å². The van der Waals surface area contributed by atoms with E-state index in [2.05, 4.69) is 5.32 Å². The maximum atomic E-state index is 12.6. The summed E-state index contributed by atoms with van der Waals surface area (Å²) in [5, 5.41) is 3.76. The Labute approximate surface area is 144 Å². The highest BCUT2D eigenvalue weighted by atomic mass is 35.5. The Kier molecular flexibility index (Phi) is 7.69. The molecule has 2 rings (SSSR count). The topological polar surface area (TPSA) is 41.6 Å². The minimum Gasteiger partial charge on any atom is -0.382 e. The lowest BCUT2D eigenvalue weighted by Gasteiger charge is -2.30. The molecule has 4 nitrogen and oxygen atoms in total. The summed E-state index contributed by atoms with van der Waals surface area (Å²) in [6.45, 7) is 4.86. The van der Waals surface area contributed by atoms with E-state index in [4.69, 9.17) is 16.3 Å². The minimum atomic E-state index is 0.0309. The largest absolute Gasteiger partial charge is 0.382 e. The Balaban J connectivity index is 1.97. The van der Waals surface area contributed by atoms with Gasteiger partial charge in [0, 0.05) is 31.3 Å². The van der Waals surface area contributed by atoms with Crippen LogP contribution < -0.4 is 5.32 Å². The van der Waals surface area contributed by atoms with E-state index in [1.807, 2.05) is 36.1 Å². The van der Waals surface area contributed by atoms with Gasteiger partial charge in [-0.2, -0.15) is 0 Å². The van der Waals surface area contributed by atoms with Gasteiger partial charge in [0.15, 0.2) is 0 Å². The molecule has 1 aliphatic heterocycles. The molecule has 1 aliphatic rings. The molecule has 128 valence electrons. The first kappa shape index (κ1) is 18.1. The van der Waals surface area contributed by atoms with Gasteiger partial charge in [-0.1, -0.05) is 36.6 Å². The average Bonchev–Trinajstić information content (AvgIpc) is 2.81. The minimum absolute atomic E-state index is 0.0309. The molecular weight excluding hydrogens is 312 g/mol. The maximum Gasteiger partial charge on any atom is 0.317 e. The van der Waals surface area contributed by atoms with Crippen molar-refractivity contribution in [2.75, 3.05) is 26.3 Å². The molecule has 1 fully saturated rings. The smallest absolute Gasteiger partial charge is 0.317 e. The van der Waals surface area contributed by atoms with E-state index < -0.39 is 0 Å². The number of rotatable bonds is 6. The van der Waals surface area contributed by atoms with Crippen molar-refractivity contribution in [2.45, 2.75) is 45.1 Å². The number of urea groups is 1. The third-order valence-electron chi connectivity index (χ3n) is 4.21. The molecule has 0 radical (unpaired) electrons. The Morgan fingerprint density at radius 2 is 2.09 bits per heavy atom. The summed E-state index contributed by atoms with van der Waals surface area (Å²) in [5.41, 5.74) is 1.17. The van der Waals surface area contributed by atoms with Crippen LogP contribution in [0.15, 0.2) is 24.3 Å². The van der Waals surface area contributed by atoms with Crippen LogP contribution in [0.1, 0.15) is 50.6 Å². The van der Waals surface area contributed by atoms with E-state index >= 15 is 0 Å². The Bertz CT molecular complexity index is 478. The molecule has 0 spiro atoms. The normalized spacial score (nSPS) is 18.5. The van der Waals surface area contributed by atoms with Gasteiger partial charge in [0.2, 0.25) is 0 Å². The molecule has 1 saturated heterocycles. The molecule has 1 heterocycles. The van der Waals surface area contributed by atoms with E-state index in [1.165, 1.54) is 12.0 Å². The van der Waals surface area contributed by atoms with Gasteiger partial charge in [-0.3, -0.25) is 0 Å². The van der Waals surface area contributed by atoms with Crippen molar-refractivity contribution in [3.05, 3.63) is 34.9 Å². The third-order valence-corrected chi connectivity index (χ3v) is 4.47. The van der Waals surface area contributed by atoms with Crippen LogP contribution in [0.4, 0.5) is 4.79 Å². The van der Waals surface area contributed by atoms with Crippen molar-refractivity contribution >= 4 is 17.6 Å². The van der Waals surface area contributed by atoms with E-state index in [1.54, 1.807) is 0 Å². The first-order valence-corrected chi connectivity index (χ1v) is 8.98. The SMILES string of the molecule is CCOCCCNC(=O)N1CCCCC[C@H]1c1ccc(Cl)cc1. The average molecular weight is 339 g/mol. The standard InChI is InChI=1S/C18H27ClN2O2/c1-2-23-14-6-12-20-18(22)21-13-5-3-4-7-17(21)15-8-10-16(19)11-9-15/h8-11,17H,2-7,12-14H2,1H3,(H,20,22)/t17-/m0/s1. The summed E-state index contributed by atoms with van der Waals surface area (Å²) in [4.78, 5) is 14.6. The molecule has 0 aliphatic carbocycles. The second kappa shape index (κ2) is 9.78. The number of likely N-dealkylation sites (tertiary alicyclic amines) is 1. The van der Waals surface area contributed by atoms with E-state index in [0.717, 1.165) is 43.9 Å². The number of nitrogens with one attached hydrogen (secondary N) is 1. The number of amides is 2. The van der Waals surface area contributed by atoms with Gasteiger partial charge in [0.05, 0.1) is 6.04 Å². The predicted molar refractivity (Wildman–Crippen MR) is 93.9 cm³/mol. The number of nitrogens with zero attached hydrogens (tertiary/aromatic N) is 1. The first-order chi connectivity index (χ1) is 11.2. The van der Waals surface area contributed by atoms with Crippen LogP contribution in [-0.2, 0) is 4.74 Å².